The summed E-state index contributed by atoms with van der Waals surface area (Å²) in [6, 6.07) is 5.06. The molecule has 1 fully saturated rings. The Labute approximate surface area is 131 Å². The minimum Gasteiger partial charge on any atom is -0.496 e. The number of hydrogen-bond acceptors (Lipinski definition) is 4. The van der Waals surface area contributed by atoms with Crippen molar-refractivity contribution in [2.24, 2.45) is 0 Å². The van der Waals surface area contributed by atoms with E-state index in [4.69, 9.17) is 4.74 Å². The number of carbonyl (C=O) groups is 1. The SMILES string of the molecule is COc1ccc(S(=O)(=O)N(C)C)cc1CCC(=O)NC1CC1. The lowest BCUT2D eigenvalue weighted by Gasteiger charge is -2.14. The van der Waals surface area contributed by atoms with Crippen LogP contribution in [0.4, 0.5) is 0 Å². The highest BCUT2D eigenvalue weighted by molar-refractivity contribution is 7.89. The van der Waals surface area contributed by atoms with Crippen LogP contribution in [0, 0.1) is 0 Å². The average Bonchev–Trinajstić information content (AvgIpc) is 3.28. The minimum atomic E-state index is -3.49. The zero-order valence-corrected chi connectivity index (χ0v) is 13.9. The van der Waals surface area contributed by atoms with E-state index < -0.39 is 10.0 Å². The summed E-state index contributed by atoms with van der Waals surface area (Å²) >= 11 is 0. The van der Waals surface area contributed by atoms with Gasteiger partial charge in [0.05, 0.1) is 12.0 Å². The van der Waals surface area contributed by atoms with Crippen LogP contribution >= 0.6 is 0 Å². The maximum atomic E-state index is 12.2. The quantitative estimate of drug-likeness (QED) is 0.816. The fourth-order valence-electron chi connectivity index (χ4n) is 2.10. The third-order valence-corrected chi connectivity index (χ3v) is 5.41. The van der Waals surface area contributed by atoms with Crippen molar-refractivity contribution in [3.8, 4) is 5.75 Å². The van der Waals surface area contributed by atoms with Gasteiger partial charge in [0.15, 0.2) is 0 Å². The lowest BCUT2D eigenvalue weighted by molar-refractivity contribution is -0.121. The van der Waals surface area contributed by atoms with Crippen LogP contribution < -0.4 is 10.1 Å². The molecule has 1 aliphatic rings. The van der Waals surface area contributed by atoms with Crippen LogP contribution in [0.25, 0.3) is 0 Å². The summed E-state index contributed by atoms with van der Waals surface area (Å²) in [7, 11) is 1.01. The molecule has 0 bridgehead atoms. The molecule has 0 radical (unpaired) electrons. The molecule has 6 nitrogen and oxygen atoms in total. The molecule has 22 heavy (non-hydrogen) atoms. The average molecular weight is 326 g/mol. The van der Waals surface area contributed by atoms with Crippen LogP contribution in [0.1, 0.15) is 24.8 Å². The number of rotatable bonds is 7. The lowest BCUT2D eigenvalue weighted by atomic mass is 10.1. The largest absolute Gasteiger partial charge is 0.496 e. The van der Waals surface area contributed by atoms with Crippen LogP contribution in [0.5, 0.6) is 5.75 Å². The van der Waals surface area contributed by atoms with Gasteiger partial charge in [0.1, 0.15) is 5.75 Å². The summed E-state index contributed by atoms with van der Waals surface area (Å²) in [5, 5.41) is 2.92. The van der Waals surface area contributed by atoms with Gasteiger partial charge in [-0.05, 0) is 43.0 Å². The maximum Gasteiger partial charge on any atom is 0.242 e. The number of nitrogens with zero attached hydrogens (tertiary/aromatic N) is 1. The Kier molecular flexibility index (Phi) is 5.08. The van der Waals surface area contributed by atoms with Crippen LogP contribution in [0.3, 0.4) is 0 Å². The lowest BCUT2D eigenvalue weighted by Crippen LogP contribution is -2.25. The zero-order valence-electron chi connectivity index (χ0n) is 13.1. The number of nitrogens with one attached hydrogen (secondary N) is 1. The number of ether oxygens (including phenoxy) is 1. The van der Waals surface area contributed by atoms with Crippen LogP contribution in [0.2, 0.25) is 0 Å². The maximum absolute atomic E-state index is 12.2. The number of aryl methyl sites for hydroxylation is 1. The number of sulfonamides is 1. The van der Waals surface area contributed by atoms with Crippen molar-refractivity contribution in [1.82, 2.24) is 9.62 Å². The first-order chi connectivity index (χ1) is 10.3. The summed E-state index contributed by atoms with van der Waals surface area (Å²) in [6.45, 7) is 0. The van der Waals surface area contributed by atoms with Crippen LogP contribution in [0.15, 0.2) is 23.1 Å². The third-order valence-electron chi connectivity index (χ3n) is 3.59. The van der Waals surface area contributed by atoms with Crippen molar-refractivity contribution in [2.75, 3.05) is 21.2 Å². The first kappa shape index (κ1) is 16.8. The van der Waals surface area contributed by atoms with E-state index >= 15 is 0 Å². The molecule has 1 N–H and O–H groups in total. The molecule has 0 atom stereocenters. The van der Waals surface area contributed by atoms with Crippen molar-refractivity contribution in [3.63, 3.8) is 0 Å². The topological polar surface area (TPSA) is 75.7 Å². The van der Waals surface area contributed by atoms with E-state index in [2.05, 4.69) is 5.32 Å². The molecule has 0 aliphatic heterocycles. The number of methoxy groups -OCH3 is 1. The molecule has 1 aliphatic carbocycles. The van der Waals surface area contributed by atoms with E-state index in [1.54, 1.807) is 12.1 Å². The van der Waals surface area contributed by atoms with Crippen molar-refractivity contribution in [3.05, 3.63) is 23.8 Å². The predicted molar refractivity (Wildman–Crippen MR) is 83.4 cm³/mol. The summed E-state index contributed by atoms with van der Waals surface area (Å²) in [5.74, 6) is 0.586. The second-order valence-electron chi connectivity index (χ2n) is 5.60. The molecule has 0 aromatic heterocycles. The highest BCUT2D eigenvalue weighted by Gasteiger charge is 2.23. The summed E-state index contributed by atoms with van der Waals surface area (Å²) in [6.07, 6.45) is 2.86. The Bertz CT molecular complexity index is 652. The summed E-state index contributed by atoms with van der Waals surface area (Å²) in [4.78, 5) is 12.0. The first-order valence-electron chi connectivity index (χ1n) is 7.23. The smallest absolute Gasteiger partial charge is 0.242 e. The normalized spacial score (nSPS) is 14.9. The van der Waals surface area contributed by atoms with Gasteiger partial charge in [-0.2, -0.15) is 0 Å². The zero-order chi connectivity index (χ0) is 16.3. The van der Waals surface area contributed by atoms with E-state index in [0.29, 0.717) is 24.6 Å². The highest BCUT2D eigenvalue weighted by Crippen LogP contribution is 2.25. The van der Waals surface area contributed by atoms with E-state index in [-0.39, 0.29) is 10.8 Å². The van der Waals surface area contributed by atoms with E-state index in [1.165, 1.54) is 31.6 Å². The van der Waals surface area contributed by atoms with Gasteiger partial charge in [0.25, 0.3) is 0 Å². The van der Waals surface area contributed by atoms with Gasteiger partial charge < -0.3 is 10.1 Å². The number of carbonyl (C=O) groups excluding carboxylic acids is 1. The van der Waals surface area contributed by atoms with E-state index in [9.17, 15) is 13.2 Å². The van der Waals surface area contributed by atoms with Gasteiger partial charge in [-0.15, -0.1) is 0 Å². The van der Waals surface area contributed by atoms with Gasteiger partial charge in [0.2, 0.25) is 15.9 Å². The Morgan fingerprint density at radius 3 is 2.59 bits per heavy atom. The molecule has 0 spiro atoms. The minimum absolute atomic E-state index is 0.00887. The van der Waals surface area contributed by atoms with Crippen molar-refractivity contribution < 1.29 is 17.9 Å². The molecule has 122 valence electrons. The summed E-state index contributed by atoms with van der Waals surface area (Å²) < 4.78 is 30.8. The Hall–Kier alpha value is -1.60. The first-order valence-corrected chi connectivity index (χ1v) is 8.67. The van der Waals surface area contributed by atoms with Crippen molar-refractivity contribution in [2.45, 2.75) is 36.6 Å². The third kappa shape index (κ3) is 3.98. The predicted octanol–water partition coefficient (Wildman–Crippen LogP) is 1.16. The Morgan fingerprint density at radius 2 is 2.05 bits per heavy atom. The molecule has 1 aromatic rings. The summed E-state index contributed by atoms with van der Waals surface area (Å²) in [5.41, 5.74) is 0.719. The second kappa shape index (κ2) is 6.66. The van der Waals surface area contributed by atoms with Gasteiger partial charge >= 0.3 is 0 Å². The van der Waals surface area contributed by atoms with Crippen molar-refractivity contribution in [1.29, 1.82) is 0 Å². The molecular formula is C15H22N2O4S. The van der Waals surface area contributed by atoms with Gasteiger partial charge in [-0.25, -0.2) is 12.7 Å². The molecule has 0 saturated heterocycles. The molecular weight excluding hydrogens is 304 g/mol. The van der Waals surface area contributed by atoms with Gasteiger partial charge in [0, 0.05) is 26.6 Å². The molecule has 0 heterocycles. The Balaban J connectivity index is 2.15. The molecule has 2 rings (SSSR count). The molecule has 1 saturated carbocycles. The Morgan fingerprint density at radius 1 is 1.36 bits per heavy atom. The monoisotopic (exact) mass is 326 g/mol. The molecule has 1 amide bonds. The molecule has 0 unspecified atom stereocenters. The fraction of sp³-hybridized carbons (Fsp3) is 0.533. The van der Waals surface area contributed by atoms with Crippen LogP contribution in [-0.4, -0.2) is 45.9 Å². The van der Waals surface area contributed by atoms with Gasteiger partial charge in [-0.3, -0.25) is 4.79 Å². The number of benzene rings is 1. The van der Waals surface area contributed by atoms with E-state index in [0.717, 1.165) is 18.4 Å². The standard InChI is InChI=1S/C15H22N2O4S/c1-17(2)22(19,20)13-7-8-14(21-3)11(10-13)4-9-15(18)16-12-5-6-12/h7-8,10,12H,4-6,9H2,1-3H3,(H,16,18). The fourth-order valence-corrected chi connectivity index (χ4v) is 3.05. The number of hydrogen-bond donors (Lipinski definition) is 1. The second-order valence-corrected chi connectivity index (χ2v) is 7.75. The van der Waals surface area contributed by atoms with E-state index in [1.807, 2.05) is 0 Å². The number of amides is 1. The van der Waals surface area contributed by atoms with Gasteiger partial charge in [-0.1, -0.05) is 0 Å². The molecule has 1 aromatic carbocycles. The molecule has 7 heteroatoms. The van der Waals surface area contributed by atoms with Crippen molar-refractivity contribution >= 4 is 15.9 Å². The highest BCUT2D eigenvalue weighted by atomic mass is 32.2. The van der Waals surface area contributed by atoms with Crippen LogP contribution in [-0.2, 0) is 21.2 Å².